The smallest absolute Gasteiger partial charge is 0.293 e. The maximum Gasteiger partial charge on any atom is 0.293 e. The van der Waals surface area contributed by atoms with Gasteiger partial charge in [0, 0.05) is 25.8 Å². The molecule has 0 unspecified atom stereocenters. The highest BCUT2D eigenvalue weighted by atomic mass is 32.2. The van der Waals surface area contributed by atoms with Crippen LogP contribution in [0.3, 0.4) is 0 Å². The van der Waals surface area contributed by atoms with Gasteiger partial charge in [0.05, 0.1) is 21.6 Å². The molecule has 0 spiro atoms. The van der Waals surface area contributed by atoms with Gasteiger partial charge in [-0.1, -0.05) is 17.7 Å². The first-order valence-corrected chi connectivity index (χ1v) is 11.4. The summed E-state index contributed by atoms with van der Waals surface area (Å²) in [5, 5.41) is 11.7. The van der Waals surface area contributed by atoms with Gasteiger partial charge in [-0.3, -0.25) is 14.8 Å². The Kier molecular flexibility index (Phi) is 6.62. The van der Waals surface area contributed by atoms with Crippen LogP contribution in [0.25, 0.3) is 0 Å². The summed E-state index contributed by atoms with van der Waals surface area (Å²) < 4.78 is 33.9. The molecule has 1 aliphatic heterocycles. The van der Waals surface area contributed by atoms with Crippen molar-refractivity contribution in [3.8, 4) is 0 Å². The molecule has 0 radical (unpaired) electrons. The van der Waals surface area contributed by atoms with E-state index in [4.69, 9.17) is 4.74 Å². The summed E-state index contributed by atoms with van der Waals surface area (Å²) in [6.45, 7) is 7.57. The summed E-state index contributed by atoms with van der Waals surface area (Å²) in [6, 6.07) is 9.44. The summed E-state index contributed by atoms with van der Waals surface area (Å²) >= 11 is 0. The number of ether oxygens (including phenoxy) is 1. The van der Waals surface area contributed by atoms with Gasteiger partial charge in [-0.25, -0.2) is 8.42 Å². The maximum absolute atomic E-state index is 12.9. The predicted octanol–water partition coefficient (Wildman–Crippen LogP) is 4.02. The number of aryl methyl sites for hydroxylation is 2. The normalized spacial score (nSPS) is 15.2. The second-order valence-corrected chi connectivity index (χ2v) is 9.16. The summed E-state index contributed by atoms with van der Waals surface area (Å²) in [7, 11) is -3.96. The molecule has 1 heterocycles. The molecule has 0 aliphatic carbocycles. The zero-order chi connectivity index (χ0) is 21.9. The van der Waals surface area contributed by atoms with Gasteiger partial charge in [-0.05, 0) is 57.4 Å². The van der Waals surface area contributed by atoms with Crippen LogP contribution in [0, 0.1) is 24.0 Å². The molecular weight excluding hydrogens is 406 g/mol. The van der Waals surface area contributed by atoms with Crippen molar-refractivity contribution in [3.63, 3.8) is 0 Å². The van der Waals surface area contributed by atoms with Crippen LogP contribution in [0.2, 0.25) is 0 Å². The van der Waals surface area contributed by atoms with E-state index in [9.17, 15) is 18.5 Å². The largest absolute Gasteiger partial charge is 0.378 e. The lowest BCUT2D eigenvalue weighted by Crippen LogP contribution is -2.37. The highest BCUT2D eigenvalue weighted by Crippen LogP contribution is 2.33. The molecule has 0 aromatic heterocycles. The fourth-order valence-electron chi connectivity index (χ4n) is 3.71. The van der Waals surface area contributed by atoms with Crippen LogP contribution in [-0.2, 0) is 14.8 Å². The van der Waals surface area contributed by atoms with Gasteiger partial charge in [0.2, 0.25) is 0 Å². The Balaban J connectivity index is 1.86. The molecule has 1 saturated heterocycles. The zero-order valence-corrected chi connectivity index (χ0v) is 18.2. The molecule has 8 nitrogen and oxygen atoms in total. The zero-order valence-electron chi connectivity index (χ0n) is 17.4. The summed E-state index contributed by atoms with van der Waals surface area (Å²) in [5.74, 6) is 0. The van der Waals surface area contributed by atoms with E-state index < -0.39 is 14.9 Å². The number of nitrogens with zero attached hydrogens (tertiary/aromatic N) is 2. The summed E-state index contributed by atoms with van der Waals surface area (Å²) in [4.78, 5) is 13.0. The summed E-state index contributed by atoms with van der Waals surface area (Å²) in [5.41, 5.74) is 2.46. The van der Waals surface area contributed by atoms with E-state index in [-0.39, 0.29) is 16.7 Å². The van der Waals surface area contributed by atoms with Crippen LogP contribution < -0.4 is 9.62 Å². The number of hydrogen-bond donors (Lipinski definition) is 1. The van der Waals surface area contributed by atoms with E-state index in [0.29, 0.717) is 31.1 Å². The minimum Gasteiger partial charge on any atom is -0.378 e. The van der Waals surface area contributed by atoms with E-state index in [1.165, 1.54) is 12.1 Å². The van der Waals surface area contributed by atoms with Crippen LogP contribution in [0.1, 0.15) is 30.9 Å². The Hall–Kier alpha value is -2.65. The Morgan fingerprint density at radius 3 is 2.47 bits per heavy atom. The van der Waals surface area contributed by atoms with Crippen molar-refractivity contribution >= 4 is 27.1 Å². The first-order chi connectivity index (χ1) is 14.2. The van der Waals surface area contributed by atoms with Gasteiger partial charge < -0.3 is 9.64 Å². The molecule has 0 bridgehead atoms. The van der Waals surface area contributed by atoms with Gasteiger partial charge in [0.1, 0.15) is 5.69 Å². The molecule has 9 heteroatoms. The highest BCUT2D eigenvalue weighted by Gasteiger charge is 2.27. The number of nitro benzene ring substituents is 1. The molecule has 1 aliphatic rings. The third-order valence-corrected chi connectivity index (χ3v) is 6.63. The number of rotatable bonds is 7. The fourth-order valence-corrected chi connectivity index (χ4v) is 4.87. The summed E-state index contributed by atoms with van der Waals surface area (Å²) in [6.07, 6.45) is 1.71. The molecule has 162 valence electrons. The standard InChI is InChI=1S/C21H27N3O5S/c1-4-29-17-9-11-23(12-10-17)20-8-6-18(14-21(20)24(25)26)30(27,28)22-19-7-5-15(2)13-16(19)3/h5-8,13-14,17,22H,4,9-12H2,1-3H3. The predicted molar refractivity (Wildman–Crippen MR) is 117 cm³/mol. The molecule has 0 amide bonds. The lowest BCUT2D eigenvalue weighted by molar-refractivity contribution is -0.384. The molecule has 1 fully saturated rings. The third-order valence-electron chi connectivity index (χ3n) is 5.27. The van der Waals surface area contributed by atoms with E-state index >= 15 is 0 Å². The number of hydrogen-bond acceptors (Lipinski definition) is 6. The minimum atomic E-state index is -3.96. The van der Waals surface area contributed by atoms with Crippen LogP contribution >= 0.6 is 0 Å². The van der Waals surface area contributed by atoms with Gasteiger partial charge in [-0.15, -0.1) is 0 Å². The van der Waals surface area contributed by atoms with Crippen molar-refractivity contribution in [1.82, 2.24) is 0 Å². The van der Waals surface area contributed by atoms with Crippen molar-refractivity contribution in [2.24, 2.45) is 0 Å². The van der Waals surface area contributed by atoms with Crippen molar-refractivity contribution in [2.75, 3.05) is 29.3 Å². The first kappa shape index (κ1) is 22.0. The van der Waals surface area contributed by atoms with E-state index in [1.807, 2.05) is 37.8 Å². The molecule has 0 atom stereocenters. The Bertz CT molecular complexity index is 1030. The van der Waals surface area contributed by atoms with Gasteiger partial charge in [0.25, 0.3) is 15.7 Å². The molecule has 1 N–H and O–H groups in total. The van der Waals surface area contributed by atoms with Crippen LogP contribution in [0.4, 0.5) is 17.1 Å². The molecule has 2 aromatic carbocycles. The second kappa shape index (κ2) is 9.01. The molecular formula is C21H27N3O5S. The molecule has 30 heavy (non-hydrogen) atoms. The van der Waals surface area contributed by atoms with Crippen molar-refractivity contribution in [2.45, 2.75) is 44.6 Å². The number of benzene rings is 2. The minimum absolute atomic E-state index is 0.137. The third kappa shape index (κ3) is 4.91. The van der Waals surface area contributed by atoms with Gasteiger partial charge in [-0.2, -0.15) is 0 Å². The topological polar surface area (TPSA) is 102 Å². The van der Waals surface area contributed by atoms with E-state index in [1.54, 1.807) is 6.07 Å². The number of nitrogens with one attached hydrogen (secondary N) is 1. The van der Waals surface area contributed by atoms with Crippen molar-refractivity contribution in [1.29, 1.82) is 0 Å². The first-order valence-electron chi connectivity index (χ1n) is 9.96. The lowest BCUT2D eigenvalue weighted by Gasteiger charge is -2.33. The average Bonchev–Trinajstić information content (AvgIpc) is 2.70. The molecule has 0 saturated carbocycles. The Morgan fingerprint density at radius 1 is 1.17 bits per heavy atom. The monoisotopic (exact) mass is 433 g/mol. The van der Waals surface area contributed by atoms with E-state index in [0.717, 1.165) is 30.0 Å². The quantitative estimate of drug-likeness (QED) is 0.523. The number of piperidine rings is 1. The van der Waals surface area contributed by atoms with Crippen molar-refractivity contribution in [3.05, 3.63) is 57.6 Å². The fraction of sp³-hybridized carbons (Fsp3) is 0.429. The Labute approximate surface area is 177 Å². The number of sulfonamides is 1. The lowest BCUT2D eigenvalue weighted by atomic mass is 10.1. The Morgan fingerprint density at radius 2 is 1.87 bits per heavy atom. The number of nitro groups is 1. The highest BCUT2D eigenvalue weighted by molar-refractivity contribution is 7.92. The molecule has 2 aromatic rings. The van der Waals surface area contributed by atoms with Crippen LogP contribution in [0.5, 0.6) is 0 Å². The van der Waals surface area contributed by atoms with Crippen molar-refractivity contribution < 1.29 is 18.1 Å². The van der Waals surface area contributed by atoms with Crippen LogP contribution in [-0.4, -0.2) is 39.1 Å². The SMILES string of the molecule is CCOC1CCN(c2ccc(S(=O)(=O)Nc3ccc(C)cc3C)cc2[N+](=O)[O-])CC1. The van der Waals surface area contributed by atoms with Gasteiger partial charge in [0.15, 0.2) is 0 Å². The average molecular weight is 434 g/mol. The van der Waals surface area contributed by atoms with E-state index in [2.05, 4.69) is 4.72 Å². The van der Waals surface area contributed by atoms with Gasteiger partial charge >= 0.3 is 0 Å². The maximum atomic E-state index is 12.9. The number of anilines is 2. The van der Waals surface area contributed by atoms with Crippen LogP contribution in [0.15, 0.2) is 41.3 Å². The molecule has 3 rings (SSSR count). The second-order valence-electron chi connectivity index (χ2n) is 7.47.